The van der Waals surface area contributed by atoms with Crippen LogP contribution in [0.3, 0.4) is 0 Å². The second-order valence-corrected chi connectivity index (χ2v) is 4.78. The maximum atomic E-state index is 13.4. The number of phenolic OH excluding ortho intramolecular Hbond substituents is 1. The number of nitrogens with one attached hydrogen (secondary N) is 1. The van der Waals surface area contributed by atoms with Gasteiger partial charge in [0.25, 0.3) is 0 Å². The smallest absolute Gasteiger partial charge is 0.240 e. The molecule has 2 rings (SSSR count). The molecule has 1 amide bonds. The molecule has 90 valence electrons. The van der Waals surface area contributed by atoms with Gasteiger partial charge in [0.1, 0.15) is 0 Å². The van der Waals surface area contributed by atoms with Crippen molar-refractivity contribution in [2.24, 2.45) is 11.0 Å². The van der Waals surface area contributed by atoms with Crippen LogP contribution in [0.4, 0.5) is 4.39 Å². The van der Waals surface area contributed by atoms with Crippen LogP contribution < -0.4 is 5.43 Å². The molecule has 1 heterocycles. The van der Waals surface area contributed by atoms with Gasteiger partial charge in [-0.2, -0.15) is 5.10 Å². The van der Waals surface area contributed by atoms with E-state index >= 15 is 0 Å². The summed E-state index contributed by atoms with van der Waals surface area (Å²) in [5, 5.41) is 13.2. The fourth-order valence-corrected chi connectivity index (χ4v) is 2.15. The molecule has 17 heavy (non-hydrogen) atoms. The molecule has 1 unspecified atom stereocenters. The molecule has 0 aromatic heterocycles. The van der Waals surface area contributed by atoms with Crippen LogP contribution in [-0.4, -0.2) is 16.7 Å². The standard InChI is InChI=1S/C11H10BrFN2O2/c1-5-2-9(16)14-15-10(5)6-3-7(12)11(17)8(13)4-6/h3-5,17H,2H2,1H3,(H,14,16). The van der Waals surface area contributed by atoms with Crippen molar-refractivity contribution in [2.75, 3.05) is 0 Å². The first-order valence-corrected chi connectivity index (χ1v) is 5.83. The molecule has 1 aromatic rings. The van der Waals surface area contributed by atoms with Gasteiger partial charge in [0, 0.05) is 17.9 Å². The third-order valence-corrected chi connectivity index (χ3v) is 3.18. The molecule has 1 aromatic carbocycles. The molecule has 0 saturated carbocycles. The molecule has 1 aliphatic rings. The Kier molecular flexibility index (Phi) is 3.15. The highest BCUT2D eigenvalue weighted by molar-refractivity contribution is 9.10. The van der Waals surface area contributed by atoms with Crippen LogP contribution in [0.25, 0.3) is 0 Å². The maximum Gasteiger partial charge on any atom is 0.240 e. The molecule has 0 saturated heterocycles. The Balaban J connectivity index is 2.44. The zero-order chi connectivity index (χ0) is 12.6. The number of halogens is 2. The summed E-state index contributed by atoms with van der Waals surface area (Å²) < 4.78 is 13.6. The Labute approximate surface area is 106 Å². The van der Waals surface area contributed by atoms with Crippen molar-refractivity contribution in [3.05, 3.63) is 28.0 Å². The summed E-state index contributed by atoms with van der Waals surface area (Å²) in [6.07, 6.45) is 0.318. The van der Waals surface area contributed by atoms with Gasteiger partial charge in [-0.15, -0.1) is 0 Å². The number of benzene rings is 1. The first-order valence-electron chi connectivity index (χ1n) is 5.04. The van der Waals surface area contributed by atoms with E-state index in [1.165, 1.54) is 6.07 Å². The third-order valence-electron chi connectivity index (χ3n) is 2.57. The van der Waals surface area contributed by atoms with Gasteiger partial charge < -0.3 is 5.11 Å². The van der Waals surface area contributed by atoms with Crippen molar-refractivity contribution in [3.63, 3.8) is 0 Å². The molecular weight excluding hydrogens is 291 g/mol. The lowest BCUT2D eigenvalue weighted by molar-refractivity contribution is -0.121. The maximum absolute atomic E-state index is 13.4. The van der Waals surface area contributed by atoms with Gasteiger partial charge >= 0.3 is 0 Å². The van der Waals surface area contributed by atoms with Crippen LogP contribution in [0.2, 0.25) is 0 Å². The Hall–Kier alpha value is -1.43. The van der Waals surface area contributed by atoms with E-state index in [4.69, 9.17) is 0 Å². The quantitative estimate of drug-likeness (QED) is 0.835. The summed E-state index contributed by atoms with van der Waals surface area (Å²) in [5.41, 5.74) is 3.51. The summed E-state index contributed by atoms with van der Waals surface area (Å²) in [7, 11) is 0. The van der Waals surface area contributed by atoms with Gasteiger partial charge in [0.05, 0.1) is 10.2 Å². The SMILES string of the molecule is CC1CC(=O)NN=C1c1cc(F)c(O)c(Br)c1. The van der Waals surface area contributed by atoms with Crippen molar-refractivity contribution in [3.8, 4) is 5.75 Å². The number of hydrogen-bond acceptors (Lipinski definition) is 3. The highest BCUT2D eigenvalue weighted by atomic mass is 79.9. The number of carbonyl (C=O) groups excluding carboxylic acids is 1. The molecule has 0 radical (unpaired) electrons. The van der Waals surface area contributed by atoms with Gasteiger partial charge in [-0.05, 0) is 28.1 Å². The van der Waals surface area contributed by atoms with E-state index in [2.05, 4.69) is 26.5 Å². The van der Waals surface area contributed by atoms with Crippen LogP contribution in [-0.2, 0) is 4.79 Å². The minimum absolute atomic E-state index is 0.0837. The molecule has 0 fully saturated rings. The summed E-state index contributed by atoms with van der Waals surface area (Å²) in [6.45, 7) is 1.84. The molecule has 2 N–H and O–H groups in total. The number of amides is 1. The molecule has 1 aliphatic heterocycles. The number of rotatable bonds is 1. The molecule has 4 nitrogen and oxygen atoms in total. The fourth-order valence-electron chi connectivity index (χ4n) is 1.72. The Morgan fingerprint density at radius 1 is 1.59 bits per heavy atom. The average molecular weight is 301 g/mol. The van der Waals surface area contributed by atoms with Gasteiger partial charge in [0.2, 0.25) is 5.91 Å². The lowest BCUT2D eigenvalue weighted by Crippen LogP contribution is -2.32. The normalized spacial score (nSPS) is 19.8. The Morgan fingerprint density at radius 2 is 2.29 bits per heavy atom. The second kappa shape index (κ2) is 4.44. The minimum Gasteiger partial charge on any atom is -0.504 e. The van der Waals surface area contributed by atoms with Crippen molar-refractivity contribution >= 4 is 27.5 Å². The summed E-state index contributed by atoms with van der Waals surface area (Å²) in [4.78, 5) is 11.1. The minimum atomic E-state index is -0.721. The lowest BCUT2D eigenvalue weighted by atomic mass is 9.94. The summed E-state index contributed by atoms with van der Waals surface area (Å²) in [5.74, 6) is -1.39. The number of phenols is 1. The van der Waals surface area contributed by atoms with E-state index in [0.29, 0.717) is 17.7 Å². The number of carbonyl (C=O) groups is 1. The Morgan fingerprint density at radius 3 is 2.88 bits per heavy atom. The van der Waals surface area contributed by atoms with Crippen LogP contribution in [0.1, 0.15) is 18.9 Å². The van der Waals surface area contributed by atoms with E-state index in [0.717, 1.165) is 0 Å². The zero-order valence-corrected chi connectivity index (χ0v) is 10.6. The van der Waals surface area contributed by atoms with Crippen molar-refractivity contribution in [2.45, 2.75) is 13.3 Å². The first-order chi connectivity index (χ1) is 7.99. The van der Waals surface area contributed by atoms with Crippen molar-refractivity contribution < 1.29 is 14.3 Å². The van der Waals surface area contributed by atoms with Gasteiger partial charge in [-0.25, -0.2) is 9.82 Å². The van der Waals surface area contributed by atoms with E-state index in [9.17, 15) is 14.3 Å². The zero-order valence-electron chi connectivity index (χ0n) is 9.00. The summed E-state index contributed by atoms with van der Waals surface area (Å²) in [6, 6.07) is 2.78. The molecule has 0 spiro atoms. The van der Waals surface area contributed by atoms with E-state index in [1.807, 2.05) is 6.92 Å². The highest BCUT2D eigenvalue weighted by Crippen LogP contribution is 2.30. The van der Waals surface area contributed by atoms with E-state index < -0.39 is 11.6 Å². The predicted octanol–water partition coefficient (Wildman–Crippen LogP) is 2.15. The van der Waals surface area contributed by atoms with Gasteiger partial charge in [0.15, 0.2) is 11.6 Å². The van der Waals surface area contributed by atoms with Crippen LogP contribution in [0.15, 0.2) is 21.7 Å². The number of hydrogen-bond donors (Lipinski definition) is 2. The highest BCUT2D eigenvalue weighted by Gasteiger charge is 2.23. The lowest BCUT2D eigenvalue weighted by Gasteiger charge is -2.19. The molecule has 0 aliphatic carbocycles. The van der Waals surface area contributed by atoms with E-state index in [1.54, 1.807) is 6.07 Å². The molecule has 6 heteroatoms. The van der Waals surface area contributed by atoms with Crippen LogP contribution >= 0.6 is 15.9 Å². The van der Waals surface area contributed by atoms with Gasteiger partial charge in [-0.1, -0.05) is 6.92 Å². The fraction of sp³-hybridized carbons (Fsp3) is 0.273. The van der Waals surface area contributed by atoms with Crippen LogP contribution in [0.5, 0.6) is 5.75 Å². The van der Waals surface area contributed by atoms with E-state index in [-0.39, 0.29) is 16.3 Å². The molecular formula is C11H10BrFN2O2. The number of hydrazone groups is 1. The monoisotopic (exact) mass is 300 g/mol. The van der Waals surface area contributed by atoms with Crippen molar-refractivity contribution in [1.29, 1.82) is 0 Å². The summed E-state index contributed by atoms with van der Waals surface area (Å²) >= 11 is 3.06. The number of aromatic hydroxyl groups is 1. The molecule has 0 bridgehead atoms. The second-order valence-electron chi connectivity index (χ2n) is 3.93. The topological polar surface area (TPSA) is 61.7 Å². The first kappa shape index (κ1) is 12.0. The Bertz CT molecular complexity index is 493. The van der Waals surface area contributed by atoms with Gasteiger partial charge in [-0.3, -0.25) is 4.79 Å². The third kappa shape index (κ3) is 2.31. The largest absolute Gasteiger partial charge is 0.504 e. The predicted molar refractivity (Wildman–Crippen MR) is 64.2 cm³/mol. The average Bonchev–Trinajstić information content (AvgIpc) is 2.25. The van der Waals surface area contributed by atoms with Crippen LogP contribution in [0, 0.1) is 11.7 Å². The number of nitrogens with zero attached hydrogens (tertiary/aromatic N) is 1. The van der Waals surface area contributed by atoms with Crippen molar-refractivity contribution in [1.82, 2.24) is 5.43 Å². The molecule has 1 atom stereocenters.